The van der Waals surface area contributed by atoms with E-state index in [9.17, 15) is 4.79 Å². The lowest BCUT2D eigenvalue weighted by molar-refractivity contribution is 0.0697. The van der Waals surface area contributed by atoms with E-state index in [0.717, 1.165) is 27.6 Å². The molecule has 0 fully saturated rings. The van der Waals surface area contributed by atoms with E-state index in [1.54, 1.807) is 31.4 Å². The normalized spacial score (nSPS) is 10.6. The highest BCUT2D eigenvalue weighted by Crippen LogP contribution is 2.33. The number of carboxylic acids is 1. The topological polar surface area (TPSA) is 46.5 Å². The minimum absolute atomic E-state index is 0.255. The highest BCUT2D eigenvalue weighted by atomic mass is 35.5. The molecular weight excluding hydrogens is 300 g/mol. The number of aromatic carboxylic acids is 1. The molecule has 3 aromatic carbocycles. The molecule has 3 aromatic rings. The smallest absolute Gasteiger partial charge is 0.335 e. The van der Waals surface area contributed by atoms with Crippen LogP contribution in [0.4, 0.5) is 0 Å². The minimum Gasteiger partial charge on any atom is -0.497 e. The first-order chi connectivity index (χ1) is 10.6. The van der Waals surface area contributed by atoms with Crippen LogP contribution in [0.2, 0.25) is 5.02 Å². The molecule has 0 amide bonds. The van der Waals surface area contributed by atoms with Crippen molar-refractivity contribution in [1.29, 1.82) is 0 Å². The zero-order valence-corrected chi connectivity index (χ0v) is 12.6. The summed E-state index contributed by atoms with van der Waals surface area (Å²) < 4.78 is 5.21. The van der Waals surface area contributed by atoms with Crippen LogP contribution >= 0.6 is 11.6 Å². The summed E-state index contributed by atoms with van der Waals surface area (Å²) in [5, 5.41) is 11.6. The van der Waals surface area contributed by atoms with Crippen molar-refractivity contribution in [2.24, 2.45) is 0 Å². The molecule has 0 atom stereocenters. The highest BCUT2D eigenvalue weighted by molar-refractivity contribution is 6.34. The molecule has 3 rings (SSSR count). The van der Waals surface area contributed by atoms with Gasteiger partial charge in [-0.2, -0.15) is 0 Å². The van der Waals surface area contributed by atoms with Crippen molar-refractivity contribution in [2.45, 2.75) is 0 Å². The summed E-state index contributed by atoms with van der Waals surface area (Å²) in [5.41, 5.74) is 2.01. The van der Waals surface area contributed by atoms with Gasteiger partial charge in [0.2, 0.25) is 0 Å². The first-order valence-electron chi connectivity index (χ1n) is 6.69. The lowest BCUT2D eigenvalue weighted by atomic mass is 10.00. The van der Waals surface area contributed by atoms with Crippen LogP contribution in [0.5, 0.6) is 5.75 Å². The molecule has 0 spiro atoms. The average molecular weight is 313 g/mol. The number of ether oxygens (including phenoxy) is 1. The number of hydrogen-bond donors (Lipinski definition) is 1. The van der Waals surface area contributed by atoms with Gasteiger partial charge in [-0.05, 0) is 52.7 Å². The van der Waals surface area contributed by atoms with Crippen molar-refractivity contribution in [3.8, 4) is 16.9 Å². The number of hydrogen-bond acceptors (Lipinski definition) is 2. The van der Waals surface area contributed by atoms with Gasteiger partial charge >= 0.3 is 5.97 Å². The maximum Gasteiger partial charge on any atom is 0.335 e. The average Bonchev–Trinajstić information content (AvgIpc) is 2.53. The van der Waals surface area contributed by atoms with Gasteiger partial charge in [-0.1, -0.05) is 29.8 Å². The van der Waals surface area contributed by atoms with Gasteiger partial charge in [0.15, 0.2) is 0 Å². The minimum atomic E-state index is -0.941. The third-order valence-electron chi connectivity index (χ3n) is 3.58. The Morgan fingerprint density at radius 2 is 1.73 bits per heavy atom. The van der Waals surface area contributed by atoms with Crippen molar-refractivity contribution in [3.05, 3.63) is 65.2 Å². The number of halogens is 1. The van der Waals surface area contributed by atoms with Crippen molar-refractivity contribution >= 4 is 28.3 Å². The molecule has 0 saturated carbocycles. The summed E-state index contributed by atoms with van der Waals surface area (Å²) in [5.74, 6) is -0.162. The van der Waals surface area contributed by atoms with Gasteiger partial charge < -0.3 is 9.84 Å². The third kappa shape index (κ3) is 2.63. The third-order valence-corrected chi connectivity index (χ3v) is 3.89. The molecule has 0 aliphatic carbocycles. The molecule has 110 valence electrons. The second kappa shape index (κ2) is 5.70. The lowest BCUT2D eigenvalue weighted by Gasteiger charge is -2.09. The molecular formula is C18H13ClO3. The maximum atomic E-state index is 10.9. The van der Waals surface area contributed by atoms with Crippen molar-refractivity contribution in [2.75, 3.05) is 7.11 Å². The SMILES string of the molecule is COc1ccc2cc(-c3ccc(C(=O)O)cc3)c(Cl)cc2c1. The summed E-state index contributed by atoms with van der Waals surface area (Å²) in [4.78, 5) is 10.9. The Kier molecular flexibility index (Phi) is 3.73. The predicted molar refractivity (Wildman–Crippen MR) is 87.9 cm³/mol. The largest absolute Gasteiger partial charge is 0.497 e. The fourth-order valence-electron chi connectivity index (χ4n) is 2.39. The summed E-state index contributed by atoms with van der Waals surface area (Å²) in [6.45, 7) is 0. The Morgan fingerprint density at radius 1 is 1.00 bits per heavy atom. The van der Waals surface area contributed by atoms with Gasteiger partial charge in [-0.25, -0.2) is 4.79 Å². The molecule has 0 heterocycles. The summed E-state index contributed by atoms with van der Waals surface area (Å²) >= 11 is 6.38. The standard InChI is InChI=1S/C18H13ClO3/c1-22-15-7-6-13-9-16(17(19)10-14(13)8-15)11-2-4-12(5-3-11)18(20)21/h2-10H,1H3,(H,20,21). The van der Waals surface area contributed by atoms with E-state index < -0.39 is 5.97 Å². The van der Waals surface area contributed by atoms with E-state index >= 15 is 0 Å². The van der Waals surface area contributed by atoms with E-state index in [1.165, 1.54) is 0 Å². The van der Waals surface area contributed by atoms with Crippen LogP contribution in [0.1, 0.15) is 10.4 Å². The van der Waals surface area contributed by atoms with Crippen LogP contribution in [-0.4, -0.2) is 18.2 Å². The van der Waals surface area contributed by atoms with Gasteiger partial charge in [-0.15, -0.1) is 0 Å². The Morgan fingerprint density at radius 3 is 2.36 bits per heavy atom. The Hall–Kier alpha value is -2.52. The molecule has 1 N–H and O–H groups in total. The number of fused-ring (bicyclic) bond motifs is 1. The van der Waals surface area contributed by atoms with Gasteiger partial charge in [0.25, 0.3) is 0 Å². The highest BCUT2D eigenvalue weighted by Gasteiger charge is 2.08. The lowest BCUT2D eigenvalue weighted by Crippen LogP contribution is -1.95. The van der Waals surface area contributed by atoms with E-state index in [-0.39, 0.29) is 5.56 Å². The maximum absolute atomic E-state index is 10.9. The molecule has 0 saturated heterocycles. The second-order valence-electron chi connectivity index (χ2n) is 4.93. The van der Waals surface area contributed by atoms with Crippen molar-refractivity contribution < 1.29 is 14.6 Å². The quantitative estimate of drug-likeness (QED) is 0.750. The van der Waals surface area contributed by atoms with Crippen LogP contribution in [0.3, 0.4) is 0 Å². The molecule has 0 aromatic heterocycles. The van der Waals surface area contributed by atoms with Crippen molar-refractivity contribution in [3.63, 3.8) is 0 Å². The zero-order chi connectivity index (χ0) is 15.7. The van der Waals surface area contributed by atoms with Crippen LogP contribution in [0, 0.1) is 0 Å². The molecule has 0 aliphatic heterocycles. The molecule has 3 nitrogen and oxygen atoms in total. The Labute approximate surface area is 132 Å². The summed E-state index contributed by atoms with van der Waals surface area (Å²) in [7, 11) is 1.63. The summed E-state index contributed by atoms with van der Waals surface area (Å²) in [6, 6.07) is 16.4. The molecule has 4 heteroatoms. The number of rotatable bonds is 3. The van der Waals surface area contributed by atoms with E-state index in [4.69, 9.17) is 21.4 Å². The van der Waals surface area contributed by atoms with Gasteiger partial charge in [-0.3, -0.25) is 0 Å². The molecule has 0 aliphatic rings. The molecule has 22 heavy (non-hydrogen) atoms. The van der Waals surface area contributed by atoms with Crippen molar-refractivity contribution in [1.82, 2.24) is 0 Å². The molecule has 0 radical (unpaired) electrons. The van der Waals surface area contributed by atoms with Crippen LogP contribution < -0.4 is 4.74 Å². The Balaban J connectivity index is 2.10. The monoisotopic (exact) mass is 312 g/mol. The summed E-state index contributed by atoms with van der Waals surface area (Å²) in [6.07, 6.45) is 0. The van der Waals surface area contributed by atoms with Crippen LogP contribution in [-0.2, 0) is 0 Å². The number of methoxy groups -OCH3 is 1. The first kappa shape index (κ1) is 14.4. The van der Waals surface area contributed by atoms with Crippen LogP contribution in [0.25, 0.3) is 21.9 Å². The number of carbonyl (C=O) groups is 1. The number of benzene rings is 3. The Bertz CT molecular complexity index is 854. The molecule has 0 unspecified atom stereocenters. The van der Waals surface area contributed by atoms with Gasteiger partial charge in [0, 0.05) is 10.6 Å². The van der Waals surface area contributed by atoms with E-state index in [2.05, 4.69) is 0 Å². The predicted octanol–water partition coefficient (Wildman–Crippen LogP) is 4.87. The van der Waals surface area contributed by atoms with E-state index in [1.807, 2.05) is 30.3 Å². The number of carboxylic acid groups (broad SMARTS) is 1. The molecule has 0 bridgehead atoms. The second-order valence-corrected chi connectivity index (χ2v) is 5.33. The fraction of sp³-hybridized carbons (Fsp3) is 0.0556. The first-order valence-corrected chi connectivity index (χ1v) is 7.07. The van der Waals surface area contributed by atoms with Gasteiger partial charge in [0.1, 0.15) is 5.75 Å². The fourth-order valence-corrected chi connectivity index (χ4v) is 2.67. The van der Waals surface area contributed by atoms with Gasteiger partial charge in [0.05, 0.1) is 12.7 Å². The van der Waals surface area contributed by atoms with Crippen LogP contribution in [0.15, 0.2) is 54.6 Å². The zero-order valence-electron chi connectivity index (χ0n) is 11.8. The van der Waals surface area contributed by atoms with E-state index in [0.29, 0.717) is 5.02 Å².